The molecule has 1 unspecified atom stereocenters. The van der Waals surface area contributed by atoms with E-state index in [4.69, 9.17) is 5.73 Å². The zero-order valence-corrected chi connectivity index (χ0v) is 12.6. The second kappa shape index (κ2) is 5.44. The van der Waals surface area contributed by atoms with Gasteiger partial charge in [0.25, 0.3) is 0 Å². The molecule has 0 bridgehead atoms. The Morgan fingerprint density at radius 3 is 2.82 bits per heavy atom. The minimum atomic E-state index is 0.543. The zero-order valence-electron chi connectivity index (χ0n) is 10.4. The summed E-state index contributed by atoms with van der Waals surface area (Å²) in [5.74, 6) is 0. The number of benzene rings is 1. The molecule has 94 valence electrons. The number of nitrogens with zero attached hydrogens (tertiary/aromatic N) is 1. The van der Waals surface area contributed by atoms with E-state index in [0.717, 1.165) is 24.0 Å². The Labute approximate surface area is 117 Å². The van der Waals surface area contributed by atoms with Gasteiger partial charge in [0.1, 0.15) is 0 Å². The Hall–Kier alpha value is -0.490. The lowest BCUT2D eigenvalue weighted by atomic mass is 10.2. The number of halogens is 1. The molecule has 0 spiro atoms. The van der Waals surface area contributed by atoms with Gasteiger partial charge < -0.3 is 11.1 Å². The summed E-state index contributed by atoms with van der Waals surface area (Å²) in [6.07, 6.45) is 2.71. The van der Waals surface area contributed by atoms with Crippen LogP contribution in [0.25, 0.3) is 0 Å². The van der Waals surface area contributed by atoms with Crippen LogP contribution in [0.4, 0.5) is 11.4 Å². The van der Waals surface area contributed by atoms with E-state index >= 15 is 0 Å². The van der Waals surface area contributed by atoms with E-state index in [-0.39, 0.29) is 0 Å². The van der Waals surface area contributed by atoms with Crippen molar-refractivity contribution in [1.82, 2.24) is 4.90 Å². The second-order valence-corrected chi connectivity index (χ2v) is 6.10. The van der Waals surface area contributed by atoms with Crippen LogP contribution < -0.4 is 11.1 Å². The van der Waals surface area contributed by atoms with Gasteiger partial charge in [-0.25, -0.2) is 0 Å². The van der Waals surface area contributed by atoms with Crippen LogP contribution in [-0.4, -0.2) is 30.6 Å². The summed E-state index contributed by atoms with van der Waals surface area (Å²) in [5, 5.41) is 3.43. The number of nitrogens with one attached hydrogen (secondary N) is 1. The van der Waals surface area contributed by atoms with Crippen LogP contribution in [0.2, 0.25) is 0 Å². The average molecular weight is 345 g/mol. The number of anilines is 2. The SMILES string of the molecule is CC(CNc1ccc(I)cc1N)N(C)C1CC1. The van der Waals surface area contributed by atoms with E-state index in [1.165, 1.54) is 16.4 Å². The lowest BCUT2D eigenvalue weighted by Crippen LogP contribution is -2.36. The third-order valence-electron chi connectivity index (χ3n) is 3.42. The van der Waals surface area contributed by atoms with Gasteiger partial charge in [-0.15, -0.1) is 0 Å². The Kier molecular flexibility index (Phi) is 4.14. The van der Waals surface area contributed by atoms with E-state index < -0.39 is 0 Å². The number of nitrogen functional groups attached to an aromatic ring is 1. The highest BCUT2D eigenvalue weighted by molar-refractivity contribution is 14.1. The molecule has 0 amide bonds. The molecule has 0 aliphatic heterocycles. The lowest BCUT2D eigenvalue weighted by Gasteiger charge is -2.25. The van der Waals surface area contributed by atoms with Gasteiger partial charge in [0, 0.05) is 22.2 Å². The molecule has 4 heteroatoms. The van der Waals surface area contributed by atoms with Gasteiger partial charge in [0.15, 0.2) is 0 Å². The highest BCUT2D eigenvalue weighted by Gasteiger charge is 2.28. The van der Waals surface area contributed by atoms with Crippen LogP contribution in [0, 0.1) is 3.57 Å². The highest BCUT2D eigenvalue weighted by Crippen LogP contribution is 2.27. The first-order chi connectivity index (χ1) is 8.08. The summed E-state index contributed by atoms with van der Waals surface area (Å²) >= 11 is 2.28. The normalized spacial score (nSPS) is 17.2. The maximum absolute atomic E-state index is 5.97. The van der Waals surface area contributed by atoms with Crippen molar-refractivity contribution in [2.45, 2.75) is 31.8 Å². The third kappa shape index (κ3) is 3.48. The number of hydrogen-bond acceptors (Lipinski definition) is 3. The maximum atomic E-state index is 5.97. The summed E-state index contributed by atoms with van der Waals surface area (Å²) in [7, 11) is 2.21. The molecule has 1 aromatic rings. The quantitative estimate of drug-likeness (QED) is 0.637. The van der Waals surface area contributed by atoms with E-state index in [1.54, 1.807) is 0 Å². The van der Waals surface area contributed by atoms with Gasteiger partial charge in [-0.2, -0.15) is 0 Å². The number of nitrogens with two attached hydrogens (primary N) is 1. The molecule has 3 nitrogen and oxygen atoms in total. The molecule has 1 saturated carbocycles. The predicted molar refractivity (Wildman–Crippen MR) is 82.3 cm³/mol. The Morgan fingerprint density at radius 1 is 1.53 bits per heavy atom. The fourth-order valence-corrected chi connectivity index (χ4v) is 2.45. The summed E-state index contributed by atoms with van der Waals surface area (Å²) < 4.78 is 1.17. The molecule has 1 aliphatic carbocycles. The zero-order chi connectivity index (χ0) is 12.4. The van der Waals surface area contributed by atoms with Crippen molar-refractivity contribution in [3.63, 3.8) is 0 Å². The Morgan fingerprint density at radius 2 is 2.24 bits per heavy atom. The minimum Gasteiger partial charge on any atom is -0.397 e. The van der Waals surface area contributed by atoms with Crippen molar-refractivity contribution in [2.75, 3.05) is 24.6 Å². The third-order valence-corrected chi connectivity index (χ3v) is 4.09. The van der Waals surface area contributed by atoms with Crippen LogP contribution in [0.15, 0.2) is 18.2 Å². The molecule has 2 rings (SSSR count). The molecule has 0 radical (unpaired) electrons. The van der Waals surface area contributed by atoms with Gasteiger partial charge in [-0.1, -0.05) is 0 Å². The van der Waals surface area contributed by atoms with Crippen molar-refractivity contribution in [3.05, 3.63) is 21.8 Å². The van der Waals surface area contributed by atoms with Gasteiger partial charge in [-0.3, -0.25) is 4.90 Å². The van der Waals surface area contributed by atoms with Gasteiger partial charge >= 0.3 is 0 Å². The van der Waals surface area contributed by atoms with Crippen molar-refractivity contribution >= 4 is 34.0 Å². The molecule has 1 aromatic carbocycles. The number of likely N-dealkylation sites (N-methyl/N-ethyl adjacent to an activating group) is 1. The molecule has 0 heterocycles. The monoisotopic (exact) mass is 345 g/mol. The molecule has 1 atom stereocenters. The van der Waals surface area contributed by atoms with Crippen LogP contribution in [0.3, 0.4) is 0 Å². The van der Waals surface area contributed by atoms with E-state index in [0.29, 0.717) is 6.04 Å². The molecular weight excluding hydrogens is 325 g/mol. The fourth-order valence-electron chi connectivity index (χ4n) is 1.94. The van der Waals surface area contributed by atoms with E-state index in [2.05, 4.69) is 58.9 Å². The minimum absolute atomic E-state index is 0.543. The predicted octanol–water partition coefficient (Wildman–Crippen LogP) is 2.77. The summed E-state index contributed by atoms with van der Waals surface area (Å²) in [4.78, 5) is 2.45. The average Bonchev–Trinajstić information content (AvgIpc) is 3.10. The molecule has 0 aromatic heterocycles. The Balaban J connectivity index is 1.88. The summed E-state index contributed by atoms with van der Waals surface area (Å²) in [6, 6.07) is 7.48. The van der Waals surface area contributed by atoms with E-state index in [9.17, 15) is 0 Å². The molecule has 3 N–H and O–H groups in total. The number of rotatable bonds is 5. The molecule has 1 aliphatic rings. The van der Waals surface area contributed by atoms with Crippen LogP contribution >= 0.6 is 22.6 Å². The van der Waals surface area contributed by atoms with Gasteiger partial charge in [0.05, 0.1) is 11.4 Å². The second-order valence-electron chi connectivity index (χ2n) is 4.86. The van der Waals surface area contributed by atoms with Crippen LogP contribution in [0.5, 0.6) is 0 Å². The highest BCUT2D eigenvalue weighted by atomic mass is 127. The van der Waals surface area contributed by atoms with Crippen LogP contribution in [-0.2, 0) is 0 Å². The van der Waals surface area contributed by atoms with Crippen molar-refractivity contribution in [3.8, 4) is 0 Å². The fraction of sp³-hybridized carbons (Fsp3) is 0.538. The number of hydrogen-bond donors (Lipinski definition) is 2. The summed E-state index contributed by atoms with van der Waals surface area (Å²) in [5.41, 5.74) is 7.85. The van der Waals surface area contributed by atoms with Crippen LogP contribution in [0.1, 0.15) is 19.8 Å². The van der Waals surface area contributed by atoms with Crippen molar-refractivity contribution < 1.29 is 0 Å². The van der Waals surface area contributed by atoms with Crippen molar-refractivity contribution in [2.24, 2.45) is 0 Å². The van der Waals surface area contributed by atoms with E-state index in [1.807, 2.05) is 6.07 Å². The van der Waals surface area contributed by atoms with Crippen molar-refractivity contribution in [1.29, 1.82) is 0 Å². The molecule has 17 heavy (non-hydrogen) atoms. The molecule has 1 fully saturated rings. The largest absolute Gasteiger partial charge is 0.397 e. The standard InChI is InChI=1S/C13H20IN3/c1-9(17(2)11-4-5-11)8-16-13-6-3-10(14)7-12(13)15/h3,6-7,9,11,16H,4-5,8,15H2,1-2H3. The molecular formula is C13H20IN3. The lowest BCUT2D eigenvalue weighted by molar-refractivity contribution is 0.257. The first-order valence-corrected chi connectivity index (χ1v) is 7.16. The maximum Gasteiger partial charge on any atom is 0.0575 e. The first-order valence-electron chi connectivity index (χ1n) is 6.08. The van der Waals surface area contributed by atoms with Gasteiger partial charge in [-0.05, 0) is 67.6 Å². The summed E-state index contributed by atoms with van der Waals surface area (Å²) in [6.45, 7) is 3.20. The molecule has 0 saturated heterocycles. The smallest absolute Gasteiger partial charge is 0.0575 e. The van der Waals surface area contributed by atoms with Gasteiger partial charge in [0.2, 0.25) is 0 Å². The Bertz CT molecular complexity index is 390. The topological polar surface area (TPSA) is 41.3 Å². The first kappa shape index (κ1) is 13.0.